The van der Waals surface area contributed by atoms with E-state index in [1.807, 2.05) is 12.1 Å². The molecule has 0 saturated heterocycles. The van der Waals surface area contributed by atoms with Crippen molar-refractivity contribution in [1.82, 2.24) is 0 Å². The van der Waals surface area contributed by atoms with Crippen LogP contribution in [0.2, 0.25) is 0 Å². The average Bonchev–Trinajstić information content (AvgIpc) is 2.52. The molecule has 2 N–H and O–H groups in total. The predicted octanol–water partition coefficient (Wildman–Crippen LogP) is 2.02. The molecule has 1 heterocycles. The lowest BCUT2D eigenvalue weighted by molar-refractivity contribution is 0.415. The standard InChI is InChI=1S/C9H9NO2/c1-11-7-4-6-2-3-12-9(6)8(10)5-7/h2-5H,10H2,1H3. The molecule has 0 bridgehead atoms. The number of nitrogens with two attached hydrogens (primary N) is 1. The van der Waals surface area contributed by atoms with Gasteiger partial charge in [0.05, 0.1) is 19.1 Å². The summed E-state index contributed by atoms with van der Waals surface area (Å²) in [5, 5.41) is 0.965. The highest BCUT2D eigenvalue weighted by atomic mass is 16.5. The highest BCUT2D eigenvalue weighted by Gasteiger charge is 2.03. The molecular weight excluding hydrogens is 154 g/mol. The molecule has 0 amide bonds. The normalized spacial score (nSPS) is 10.4. The summed E-state index contributed by atoms with van der Waals surface area (Å²) >= 11 is 0. The van der Waals surface area contributed by atoms with Crippen LogP contribution in [0.3, 0.4) is 0 Å². The molecule has 3 heteroatoms. The van der Waals surface area contributed by atoms with Crippen molar-refractivity contribution in [3.8, 4) is 5.75 Å². The summed E-state index contributed by atoms with van der Waals surface area (Å²) < 4.78 is 10.2. The van der Waals surface area contributed by atoms with E-state index in [0.717, 1.165) is 16.7 Å². The first-order valence-electron chi connectivity index (χ1n) is 3.62. The highest BCUT2D eigenvalue weighted by molar-refractivity contribution is 5.89. The number of anilines is 1. The zero-order valence-electron chi connectivity index (χ0n) is 6.70. The van der Waals surface area contributed by atoms with Gasteiger partial charge in [0.25, 0.3) is 0 Å². The van der Waals surface area contributed by atoms with E-state index in [-0.39, 0.29) is 0 Å². The van der Waals surface area contributed by atoms with Crippen molar-refractivity contribution >= 4 is 16.7 Å². The maximum absolute atomic E-state index is 5.70. The number of rotatable bonds is 1. The van der Waals surface area contributed by atoms with Gasteiger partial charge in [-0.25, -0.2) is 0 Å². The second-order valence-electron chi connectivity index (χ2n) is 2.56. The number of fused-ring (bicyclic) bond motifs is 1. The molecule has 2 rings (SSSR count). The number of nitrogen functional groups attached to an aromatic ring is 1. The average molecular weight is 163 g/mol. The van der Waals surface area contributed by atoms with Crippen LogP contribution in [0.1, 0.15) is 0 Å². The summed E-state index contributed by atoms with van der Waals surface area (Å²) in [7, 11) is 1.61. The van der Waals surface area contributed by atoms with Gasteiger partial charge in [-0.1, -0.05) is 0 Å². The molecule has 0 atom stereocenters. The van der Waals surface area contributed by atoms with E-state index in [1.54, 1.807) is 19.4 Å². The van der Waals surface area contributed by atoms with Crippen molar-refractivity contribution < 1.29 is 9.15 Å². The van der Waals surface area contributed by atoms with Gasteiger partial charge >= 0.3 is 0 Å². The minimum Gasteiger partial charge on any atom is -0.497 e. The Kier molecular flexibility index (Phi) is 1.43. The van der Waals surface area contributed by atoms with E-state index in [0.29, 0.717) is 5.69 Å². The molecule has 0 aliphatic carbocycles. The molecule has 12 heavy (non-hydrogen) atoms. The lowest BCUT2D eigenvalue weighted by Gasteiger charge is -2.00. The number of hydrogen-bond donors (Lipinski definition) is 1. The predicted molar refractivity (Wildman–Crippen MR) is 47.2 cm³/mol. The van der Waals surface area contributed by atoms with Crippen molar-refractivity contribution in [2.45, 2.75) is 0 Å². The Bertz CT molecular complexity index is 406. The summed E-state index contributed by atoms with van der Waals surface area (Å²) in [6.07, 6.45) is 1.61. The lowest BCUT2D eigenvalue weighted by Crippen LogP contribution is -1.88. The van der Waals surface area contributed by atoms with Crippen LogP contribution < -0.4 is 10.5 Å². The Morgan fingerprint density at radius 3 is 3.00 bits per heavy atom. The van der Waals surface area contributed by atoms with Crippen LogP contribution in [-0.2, 0) is 0 Å². The Hall–Kier alpha value is -1.64. The quantitative estimate of drug-likeness (QED) is 0.654. The molecule has 3 nitrogen and oxygen atoms in total. The second-order valence-corrected chi connectivity index (χ2v) is 2.56. The SMILES string of the molecule is COc1cc(N)c2occc2c1. The minimum atomic E-state index is 0.606. The second kappa shape index (κ2) is 2.44. The van der Waals surface area contributed by atoms with Crippen molar-refractivity contribution in [2.24, 2.45) is 0 Å². The van der Waals surface area contributed by atoms with E-state index in [1.165, 1.54) is 0 Å². The van der Waals surface area contributed by atoms with E-state index in [9.17, 15) is 0 Å². The molecule has 0 unspecified atom stereocenters. The molecule has 0 aliphatic heterocycles. The fourth-order valence-corrected chi connectivity index (χ4v) is 1.20. The topological polar surface area (TPSA) is 48.4 Å². The van der Waals surface area contributed by atoms with Gasteiger partial charge in [-0.2, -0.15) is 0 Å². The summed E-state index contributed by atoms with van der Waals surface area (Å²) in [6.45, 7) is 0. The molecule has 0 radical (unpaired) electrons. The Labute approximate surface area is 69.7 Å². The largest absolute Gasteiger partial charge is 0.497 e. The summed E-state index contributed by atoms with van der Waals surface area (Å²) in [4.78, 5) is 0. The molecule has 0 spiro atoms. The molecule has 1 aromatic heterocycles. The van der Waals surface area contributed by atoms with Crippen LogP contribution in [0.5, 0.6) is 5.75 Å². The van der Waals surface area contributed by atoms with Gasteiger partial charge in [-0.3, -0.25) is 0 Å². The molecule has 0 aliphatic rings. The van der Waals surface area contributed by atoms with Crippen LogP contribution >= 0.6 is 0 Å². The molecule has 2 aromatic rings. The minimum absolute atomic E-state index is 0.606. The third-order valence-electron chi connectivity index (χ3n) is 1.79. The Morgan fingerprint density at radius 2 is 2.25 bits per heavy atom. The van der Waals surface area contributed by atoms with E-state index in [4.69, 9.17) is 14.9 Å². The van der Waals surface area contributed by atoms with Gasteiger partial charge < -0.3 is 14.9 Å². The smallest absolute Gasteiger partial charge is 0.156 e. The maximum atomic E-state index is 5.70. The van der Waals surface area contributed by atoms with Crippen LogP contribution in [0, 0.1) is 0 Å². The monoisotopic (exact) mass is 163 g/mol. The molecule has 0 fully saturated rings. The van der Waals surface area contributed by atoms with Crippen LogP contribution in [-0.4, -0.2) is 7.11 Å². The van der Waals surface area contributed by atoms with E-state index in [2.05, 4.69) is 0 Å². The van der Waals surface area contributed by atoms with Crippen molar-refractivity contribution in [1.29, 1.82) is 0 Å². The zero-order chi connectivity index (χ0) is 8.55. The number of ether oxygens (including phenoxy) is 1. The summed E-state index contributed by atoms with van der Waals surface area (Å²) in [5.74, 6) is 0.751. The number of furan rings is 1. The Balaban J connectivity index is 2.75. The third-order valence-corrected chi connectivity index (χ3v) is 1.79. The van der Waals surface area contributed by atoms with Gasteiger partial charge in [0.2, 0.25) is 0 Å². The fourth-order valence-electron chi connectivity index (χ4n) is 1.20. The maximum Gasteiger partial charge on any atom is 0.156 e. The van der Waals surface area contributed by atoms with Gasteiger partial charge in [0.15, 0.2) is 5.58 Å². The van der Waals surface area contributed by atoms with E-state index >= 15 is 0 Å². The first kappa shape index (κ1) is 7.03. The van der Waals surface area contributed by atoms with Gasteiger partial charge in [-0.05, 0) is 12.1 Å². The summed E-state index contributed by atoms with van der Waals surface area (Å²) in [5.41, 5.74) is 7.03. The fraction of sp³-hybridized carbons (Fsp3) is 0.111. The molecule has 1 aromatic carbocycles. The van der Waals surface area contributed by atoms with Crippen LogP contribution in [0.25, 0.3) is 11.0 Å². The summed E-state index contributed by atoms with van der Waals surface area (Å²) in [6, 6.07) is 5.48. The van der Waals surface area contributed by atoms with E-state index < -0.39 is 0 Å². The molecule has 0 saturated carbocycles. The Morgan fingerprint density at radius 1 is 1.42 bits per heavy atom. The molecular formula is C9H9NO2. The first-order valence-corrected chi connectivity index (χ1v) is 3.62. The van der Waals surface area contributed by atoms with Crippen LogP contribution in [0.15, 0.2) is 28.9 Å². The van der Waals surface area contributed by atoms with Gasteiger partial charge in [0, 0.05) is 11.5 Å². The third kappa shape index (κ3) is 0.906. The molecule has 62 valence electrons. The first-order chi connectivity index (χ1) is 5.81. The van der Waals surface area contributed by atoms with Crippen molar-refractivity contribution in [2.75, 3.05) is 12.8 Å². The number of benzene rings is 1. The number of methoxy groups -OCH3 is 1. The highest BCUT2D eigenvalue weighted by Crippen LogP contribution is 2.27. The van der Waals surface area contributed by atoms with Crippen LogP contribution in [0.4, 0.5) is 5.69 Å². The van der Waals surface area contributed by atoms with Gasteiger partial charge in [-0.15, -0.1) is 0 Å². The lowest BCUT2D eigenvalue weighted by atomic mass is 10.2. The number of hydrogen-bond acceptors (Lipinski definition) is 3. The van der Waals surface area contributed by atoms with Gasteiger partial charge in [0.1, 0.15) is 5.75 Å². The zero-order valence-corrected chi connectivity index (χ0v) is 6.70. The van der Waals surface area contributed by atoms with Crippen molar-refractivity contribution in [3.05, 3.63) is 24.5 Å². The van der Waals surface area contributed by atoms with Crippen molar-refractivity contribution in [3.63, 3.8) is 0 Å².